The molecule has 106 valence electrons. The molecule has 2 fully saturated rings. The summed E-state index contributed by atoms with van der Waals surface area (Å²) in [5.74, 6) is 0.809. The van der Waals surface area contributed by atoms with E-state index in [9.17, 15) is 0 Å². The van der Waals surface area contributed by atoms with E-state index in [1.807, 2.05) is 0 Å². The Bertz CT molecular complexity index is 252. The maximum atomic E-state index is 3.96. The average Bonchev–Trinajstić information content (AvgIpc) is 2.60. The molecule has 2 heteroatoms. The number of rotatable bonds is 4. The van der Waals surface area contributed by atoms with Gasteiger partial charge in [0.25, 0.3) is 0 Å². The second kappa shape index (κ2) is 5.92. The molecule has 1 N–H and O–H groups in total. The predicted molar refractivity (Wildman–Crippen MR) is 78.9 cm³/mol. The molecule has 0 bridgehead atoms. The van der Waals surface area contributed by atoms with Gasteiger partial charge >= 0.3 is 0 Å². The molecule has 0 radical (unpaired) electrons. The van der Waals surface area contributed by atoms with E-state index in [4.69, 9.17) is 0 Å². The summed E-state index contributed by atoms with van der Waals surface area (Å²) in [5, 5.41) is 3.96. The smallest absolute Gasteiger partial charge is 0.0121 e. The van der Waals surface area contributed by atoms with Crippen LogP contribution in [0.2, 0.25) is 0 Å². The van der Waals surface area contributed by atoms with Crippen LogP contribution in [0.3, 0.4) is 0 Å². The maximum absolute atomic E-state index is 3.96. The van der Waals surface area contributed by atoms with E-state index in [2.05, 4.69) is 37.9 Å². The molecule has 18 heavy (non-hydrogen) atoms. The molecule has 1 saturated carbocycles. The first-order valence-electron chi connectivity index (χ1n) is 7.96. The highest BCUT2D eigenvalue weighted by atomic mass is 15.1. The Labute approximate surface area is 114 Å². The fourth-order valence-corrected chi connectivity index (χ4v) is 3.72. The second-order valence-corrected chi connectivity index (χ2v) is 7.57. The van der Waals surface area contributed by atoms with E-state index in [1.165, 1.54) is 51.7 Å². The normalized spacial score (nSPS) is 30.2. The third-order valence-corrected chi connectivity index (χ3v) is 4.91. The first kappa shape index (κ1) is 14.3. The van der Waals surface area contributed by atoms with Crippen molar-refractivity contribution in [2.45, 2.75) is 71.9 Å². The summed E-state index contributed by atoms with van der Waals surface area (Å²) in [5.41, 5.74) is 0.523. The molecular formula is C16H32N2. The van der Waals surface area contributed by atoms with Crippen LogP contribution >= 0.6 is 0 Å². The van der Waals surface area contributed by atoms with Gasteiger partial charge in [-0.3, -0.25) is 0 Å². The Kier molecular flexibility index (Phi) is 4.71. The molecule has 0 spiro atoms. The van der Waals surface area contributed by atoms with Crippen molar-refractivity contribution in [3.63, 3.8) is 0 Å². The summed E-state index contributed by atoms with van der Waals surface area (Å²) in [6.45, 7) is 13.4. The minimum atomic E-state index is 0.523. The van der Waals surface area contributed by atoms with Crippen LogP contribution in [0.25, 0.3) is 0 Å². The van der Waals surface area contributed by atoms with Crippen molar-refractivity contribution >= 4 is 0 Å². The number of nitrogens with one attached hydrogen (secondary N) is 1. The third kappa shape index (κ3) is 3.71. The van der Waals surface area contributed by atoms with Crippen molar-refractivity contribution in [1.82, 2.24) is 10.2 Å². The molecule has 0 aromatic heterocycles. The molecule has 1 aliphatic carbocycles. The van der Waals surface area contributed by atoms with Crippen molar-refractivity contribution in [3.8, 4) is 0 Å². The quantitative estimate of drug-likeness (QED) is 0.826. The summed E-state index contributed by atoms with van der Waals surface area (Å²) >= 11 is 0. The largest absolute Gasteiger partial charge is 0.311 e. The van der Waals surface area contributed by atoms with E-state index in [1.54, 1.807) is 0 Å². The van der Waals surface area contributed by atoms with E-state index in [-0.39, 0.29) is 0 Å². The van der Waals surface area contributed by atoms with Crippen LogP contribution in [0.4, 0.5) is 0 Å². The van der Waals surface area contributed by atoms with Crippen molar-refractivity contribution < 1.29 is 0 Å². The Hall–Kier alpha value is -0.0800. The van der Waals surface area contributed by atoms with E-state index >= 15 is 0 Å². The van der Waals surface area contributed by atoms with Crippen LogP contribution < -0.4 is 5.32 Å². The van der Waals surface area contributed by atoms with Gasteiger partial charge in [-0.15, -0.1) is 0 Å². The summed E-state index contributed by atoms with van der Waals surface area (Å²) in [6.07, 6.45) is 6.89. The maximum Gasteiger partial charge on any atom is 0.0121 e. The van der Waals surface area contributed by atoms with Gasteiger partial charge in [-0.05, 0) is 50.1 Å². The van der Waals surface area contributed by atoms with Crippen LogP contribution in [0.15, 0.2) is 0 Å². The average molecular weight is 252 g/mol. The monoisotopic (exact) mass is 252 g/mol. The Balaban J connectivity index is 1.73. The van der Waals surface area contributed by atoms with Crippen molar-refractivity contribution in [3.05, 3.63) is 0 Å². The summed E-state index contributed by atoms with van der Waals surface area (Å²) in [4.78, 5) is 2.64. The molecule has 0 aromatic rings. The van der Waals surface area contributed by atoms with Crippen LogP contribution in [0.1, 0.15) is 59.8 Å². The van der Waals surface area contributed by atoms with Gasteiger partial charge < -0.3 is 10.2 Å². The van der Waals surface area contributed by atoms with E-state index in [0.717, 1.165) is 18.0 Å². The predicted octanol–water partition coefficient (Wildman–Crippen LogP) is 3.28. The first-order chi connectivity index (χ1) is 8.47. The Morgan fingerprint density at radius 3 is 2.33 bits per heavy atom. The van der Waals surface area contributed by atoms with Crippen molar-refractivity contribution in [1.29, 1.82) is 0 Å². The van der Waals surface area contributed by atoms with Crippen molar-refractivity contribution in [2.75, 3.05) is 19.6 Å². The number of nitrogens with zero attached hydrogens (tertiary/aromatic N) is 1. The van der Waals surface area contributed by atoms with Gasteiger partial charge in [-0.1, -0.05) is 34.1 Å². The summed E-state index contributed by atoms with van der Waals surface area (Å²) in [6, 6.07) is 1.54. The van der Waals surface area contributed by atoms with Crippen LogP contribution in [0.5, 0.6) is 0 Å². The number of piperidine rings is 1. The minimum absolute atomic E-state index is 0.523. The SMILES string of the molecule is CC(C)CN1CCC(NC2CCCC2(C)C)CC1. The third-order valence-electron chi connectivity index (χ3n) is 4.91. The number of hydrogen-bond donors (Lipinski definition) is 1. The zero-order chi connectivity index (χ0) is 13.2. The van der Waals surface area contributed by atoms with Gasteiger partial charge in [0.05, 0.1) is 0 Å². The summed E-state index contributed by atoms with van der Waals surface area (Å²) in [7, 11) is 0. The minimum Gasteiger partial charge on any atom is -0.311 e. The van der Waals surface area contributed by atoms with Gasteiger partial charge in [0.1, 0.15) is 0 Å². The van der Waals surface area contributed by atoms with Crippen LogP contribution in [0, 0.1) is 11.3 Å². The second-order valence-electron chi connectivity index (χ2n) is 7.57. The lowest BCUT2D eigenvalue weighted by Crippen LogP contribution is -2.49. The Morgan fingerprint density at radius 1 is 1.17 bits per heavy atom. The molecule has 0 aromatic carbocycles. The molecule has 0 amide bonds. The molecular weight excluding hydrogens is 220 g/mol. The fraction of sp³-hybridized carbons (Fsp3) is 1.00. The van der Waals surface area contributed by atoms with Crippen LogP contribution in [-0.4, -0.2) is 36.6 Å². The van der Waals surface area contributed by atoms with E-state index < -0.39 is 0 Å². The zero-order valence-electron chi connectivity index (χ0n) is 12.8. The fourth-order valence-electron chi connectivity index (χ4n) is 3.72. The molecule has 1 saturated heterocycles. The van der Waals surface area contributed by atoms with Gasteiger partial charge in [0, 0.05) is 18.6 Å². The molecule has 1 unspecified atom stereocenters. The topological polar surface area (TPSA) is 15.3 Å². The van der Waals surface area contributed by atoms with Gasteiger partial charge in [0.15, 0.2) is 0 Å². The molecule has 2 rings (SSSR count). The highest BCUT2D eigenvalue weighted by molar-refractivity contribution is 4.93. The highest BCUT2D eigenvalue weighted by Gasteiger charge is 2.35. The highest BCUT2D eigenvalue weighted by Crippen LogP contribution is 2.37. The molecule has 1 atom stereocenters. The molecule has 2 aliphatic rings. The lowest BCUT2D eigenvalue weighted by atomic mass is 9.86. The summed E-state index contributed by atoms with van der Waals surface area (Å²) < 4.78 is 0. The lowest BCUT2D eigenvalue weighted by molar-refractivity contribution is 0.159. The number of hydrogen-bond acceptors (Lipinski definition) is 2. The van der Waals surface area contributed by atoms with Gasteiger partial charge in [-0.2, -0.15) is 0 Å². The first-order valence-corrected chi connectivity index (χ1v) is 7.96. The van der Waals surface area contributed by atoms with Crippen LogP contribution in [-0.2, 0) is 0 Å². The molecule has 1 heterocycles. The van der Waals surface area contributed by atoms with E-state index in [0.29, 0.717) is 5.41 Å². The molecule has 2 nitrogen and oxygen atoms in total. The molecule has 1 aliphatic heterocycles. The lowest BCUT2D eigenvalue weighted by Gasteiger charge is -2.37. The standard InChI is InChI=1S/C16H32N2/c1-13(2)12-18-10-7-14(8-11-18)17-15-6-5-9-16(15,3)4/h13-15,17H,5-12H2,1-4H3. The van der Waals surface area contributed by atoms with Gasteiger partial charge in [-0.25, -0.2) is 0 Å². The Morgan fingerprint density at radius 2 is 1.83 bits per heavy atom. The number of likely N-dealkylation sites (tertiary alicyclic amines) is 1. The van der Waals surface area contributed by atoms with Gasteiger partial charge in [0.2, 0.25) is 0 Å². The van der Waals surface area contributed by atoms with Crippen molar-refractivity contribution in [2.24, 2.45) is 11.3 Å². The zero-order valence-corrected chi connectivity index (χ0v) is 12.8.